The van der Waals surface area contributed by atoms with Crippen LogP contribution in [0.3, 0.4) is 0 Å². The average Bonchev–Trinajstić information content (AvgIpc) is 3.32. The van der Waals surface area contributed by atoms with Crippen molar-refractivity contribution in [3.8, 4) is 11.1 Å². The molecule has 146 valence electrons. The summed E-state index contributed by atoms with van der Waals surface area (Å²) in [5.41, 5.74) is 9.83. The van der Waals surface area contributed by atoms with E-state index in [4.69, 9.17) is 28.9 Å². The van der Waals surface area contributed by atoms with Crippen LogP contribution in [0, 0.1) is 5.41 Å². The van der Waals surface area contributed by atoms with Crippen LogP contribution in [-0.2, 0) is 0 Å². The van der Waals surface area contributed by atoms with Gasteiger partial charge in [-0.15, -0.1) is 0 Å². The molecule has 2 N–H and O–H groups in total. The predicted octanol–water partition coefficient (Wildman–Crippen LogP) is 5.41. The summed E-state index contributed by atoms with van der Waals surface area (Å²) in [6, 6.07) is 10.4. The van der Waals surface area contributed by atoms with E-state index < -0.39 is 0 Å². The summed E-state index contributed by atoms with van der Waals surface area (Å²) in [4.78, 5) is 6.88. The lowest BCUT2D eigenvalue weighted by molar-refractivity contribution is 0.197. The molecule has 1 atom stereocenters. The highest BCUT2D eigenvalue weighted by Gasteiger charge is 2.43. The Kier molecular flexibility index (Phi) is 4.53. The molecule has 1 saturated carbocycles. The second kappa shape index (κ2) is 6.94. The molecule has 6 heteroatoms. The number of anilines is 1. The highest BCUT2D eigenvalue weighted by atomic mass is 35.5. The normalized spacial score (nSPS) is 21.7. The van der Waals surface area contributed by atoms with Gasteiger partial charge >= 0.3 is 0 Å². The van der Waals surface area contributed by atoms with Crippen LogP contribution < -0.4 is 10.6 Å². The summed E-state index contributed by atoms with van der Waals surface area (Å²) in [5, 5.41) is 1.14. The zero-order chi connectivity index (χ0) is 19.3. The number of benzene rings is 1. The molecule has 1 aromatic carbocycles. The Hall–Kier alpha value is -1.75. The number of fused-ring (bicyclic) bond motifs is 1. The topological polar surface area (TPSA) is 46.6 Å². The van der Waals surface area contributed by atoms with Crippen LogP contribution >= 0.6 is 23.2 Å². The number of imidazole rings is 1. The molecule has 0 radical (unpaired) electrons. The van der Waals surface area contributed by atoms with E-state index in [1.54, 1.807) is 0 Å². The van der Waals surface area contributed by atoms with E-state index in [9.17, 15) is 0 Å². The van der Waals surface area contributed by atoms with Crippen LogP contribution in [-0.4, -0.2) is 28.5 Å². The van der Waals surface area contributed by atoms with Crippen molar-refractivity contribution in [1.82, 2.24) is 9.38 Å². The summed E-state index contributed by atoms with van der Waals surface area (Å²) in [7, 11) is 0. The molecule has 3 aromatic rings. The van der Waals surface area contributed by atoms with Crippen molar-refractivity contribution in [2.75, 3.05) is 18.0 Å². The fourth-order valence-electron chi connectivity index (χ4n) is 5.17. The molecular formula is C22H24Cl2N4. The molecular weight excluding hydrogens is 391 g/mol. The Labute approximate surface area is 175 Å². The third-order valence-electron chi connectivity index (χ3n) is 6.86. The summed E-state index contributed by atoms with van der Waals surface area (Å²) >= 11 is 12.7. The van der Waals surface area contributed by atoms with Crippen molar-refractivity contribution in [2.45, 2.75) is 38.1 Å². The van der Waals surface area contributed by atoms with Crippen molar-refractivity contribution < 1.29 is 0 Å². The van der Waals surface area contributed by atoms with Crippen molar-refractivity contribution in [1.29, 1.82) is 0 Å². The van der Waals surface area contributed by atoms with E-state index in [2.05, 4.69) is 26.4 Å². The van der Waals surface area contributed by atoms with Gasteiger partial charge in [0.2, 0.25) is 0 Å². The lowest BCUT2D eigenvalue weighted by Crippen LogP contribution is -2.47. The van der Waals surface area contributed by atoms with E-state index in [0.717, 1.165) is 29.7 Å². The largest absolute Gasteiger partial charge is 0.358 e. The number of rotatable bonds is 2. The van der Waals surface area contributed by atoms with Gasteiger partial charge in [0.15, 0.2) is 0 Å². The number of nitrogens with two attached hydrogens (primary N) is 1. The minimum Gasteiger partial charge on any atom is -0.358 e. The SMILES string of the molecule is N[C@@H]1CCCC12CCN(c1ccc(-c3cccc(Cl)c3Cl)c3cncn13)CC2. The molecule has 5 rings (SSSR count). The molecule has 1 saturated heterocycles. The number of piperidine rings is 1. The lowest BCUT2D eigenvalue weighted by atomic mass is 9.74. The Morgan fingerprint density at radius 3 is 2.61 bits per heavy atom. The van der Waals surface area contributed by atoms with Crippen molar-refractivity contribution in [2.24, 2.45) is 11.1 Å². The van der Waals surface area contributed by atoms with Gasteiger partial charge < -0.3 is 10.6 Å². The molecule has 0 bridgehead atoms. The number of nitrogens with zero attached hydrogens (tertiary/aromatic N) is 3. The Bertz CT molecular complexity index is 1020. The zero-order valence-electron chi connectivity index (χ0n) is 15.7. The molecule has 1 aliphatic carbocycles. The smallest absolute Gasteiger partial charge is 0.114 e. The second-order valence-corrected chi connectivity index (χ2v) is 8.99. The Morgan fingerprint density at radius 2 is 1.86 bits per heavy atom. The monoisotopic (exact) mass is 414 g/mol. The van der Waals surface area contributed by atoms with Gasteiger partial charge in [0, 0.05) is 30.3 Å². The van der Waals surface area contributed by atoms with Crippen LogP contribution in [0.25, 0.3) is 16.6 Å². The average molecular weight is 415 g/mol. The van der Waals surface area contributed by atoms with E-state index in [0.29, 0.717) is 21.5 Å². The molecule has 0 unspecified atom stereocenters. The third-order valence-corrected chi connectivity index (χ3v) is 7.68. The number of hydrogen-bond acceptors (Lipinski definition) is 3. The van der Waals surface area contributed by atoms with Gasteiger partial charge in [0.05, 0.1) is 21.8 Å². The first-order chi connectivity index (χ1) is 13.6. The Morgan fingerprint density at radius 1 is 1.04 bits per heavy atom. The van der Waals surface area contributed by atoms with Gasteiger partial charge in [-0.2, -0.15) is 0 Å². The molecule has 2 aromatic heterocycles. The molecule has 0 amide bonds. The number of hydrogen-bond donors (Lipinski definition) is 1. The van der Waals surface area contributed by atoms with Crippen LogP contribution in [0.2, 0.25) is 10.0 Å². The summed E-state index contributed by atoms with van der Waals surface area (Å²) < 4.78 is 2.17. The van der Waals surface area contributed by atoms with Crippen LogP contribution in [0.15, 0.2) is 42.9 Å². The first-order valence-electron chi connectivity index (χ1n) is 9.99. The first kappa shape index (κ1) is 18.3. The van der Waals surface area contributed by atoms with E-state index in [1.165, 1.54) is 37.9 Å². The van der Waals surface area contributed by atoms with Crippen molar-refractivity contribution in [3.63, 3.8) is 0 Å². The van der Waals surface area contributed by atoms with Crippen LogP contribution in [0.4, 0.5) is 5.82 Å². The van der Waals surface area contributed by atoms with Gasteiger partial charge in [-0.1, -0.05) is 41.8 Å². The zero-order valence-corrected chi connectivity index (χ0v) is 17.3. The minimum atomic E-state index is 0.360. The molecule has 2 fully saturated rings. The fourth-order valence-corrected chi connectivity index (χ4v) is 5.57. The lowest BCUT2D eigenvalue weighted by Gasteiger charge is -2.43. The highest BCUT2D eigenvalue weighted by Crippen LogP contribution is 2.46. The maximum absolute atomic E-state index is 6.48. The third kappa shape index (κ3) is 2.81. The standard InChI is InChI=1S/C22H24Cl2N4/c23-17-4-1-3-16(21(17)24)15-6-7-20(28-14-26-13-18(15)28)27-11-9-22(10-12-27)8-2-5-19(22)25/h1,3-4,6-7,13-14,19H,2,5,8-12,25H2/t19-/m1/s1. The second-order valence-electron chi connectivity index (χ2n) is 8.20. The maximum atomic E-state index is 6.48. The summed E-state index contributed by atoms with van der Waals surface area (Å²) in [5.74, 6) is 1.18. The molecule has 3 heterocycles. The van der Waals surface area contributed by atoms with Gasteiger partial charge in [0.25, 0.3) is 0 Å². The highest BCUT2D eigenvalue weighted by molar-refractivity contribution is 6.43. The van der Waals surface area contributed by atoms with Crippen molar-refractivity contribution >= 4 is 34.5 Å². The van der Waals surface area contributed by atoms with E-state index in [1.807, 2.05) is 30.7 Å². The van der Waals surface area contributed by atoms with Crippen LogP contribution in [0.5, 0.6) is 0 Å². The number of pyridine rings is 1. The number of aromatic nitrogens is 2. The van der Waals surface area contributed by atoms with Crippen LogP contribution in [0.1, 0.15) is 32.1 Å². The Balaban J connectivity index is 1.50. The summed E-state index contributed by atoms with van der Waals surface area (Å²) in [6.07, 6.45) is 9.88. The number of halogens is 2. The summed E-state index contributed by atoms with van der Waals surface area (Å²) in [6.45, 7) is 2.08. The van der Waals surface area contributed by atoms with E-state index >= 15 is 0 Å². The minimum absolute atomic E-state index is 0.360. The quantitative estimate of drug-likeness (QED) is 0.609. The van der Waals surface area contributed by atoms with Gasteiger partial charge in [-0.25, -0.2) is 4.98 Å². The first-order valence-corrected chi connectivity index (χ1v) is 10.7. The molecule has 1 aliphatic heterocycles. The fraction of sp³-hybridized carbons (Fsp3) is 0.409. The maximum Gasteiger partial charge on any atom is 0.114 e. The van der Waals surface area contributed by atoms with Crippen molar-refractivity contribution in [3.05, 3.63) is 52.9 Å². The molecule has 1 spiro atoms. The molecule has 2 aliphatic rings. The van der Waals surface area contributed by atoms with Gasteiger partial charge in [-0.3, -0.25) is 4.40 Å². The molecule has 28 heavy (non-hydrogen) atoms. The molecule has 4 nitrogen and oxygen atoms in total. The van der Waals surface area contributed by atoms with Gasteiger partial charge in [0.1, 0.15) is 12.1 Å². The predicted molar refractivity (Wildman–Crippen MR) is 116 cm³/mol. The van der Waals surface area contributed by atoms with E-state index in [-0.39, 0.29) is 0 Å². The van der Waals surface area contributed by atoms with Gasteiger partial charge in [-0.05, 0) is 49.3 Å².